The first-order chi connectivity index (χ1) is 11.3. The molecular weight excluding hydrogens is 292 g/mol. The van der Waals surface area contributed by atoms with Crippen LogP contribution in [0.3, 0.4) is 0 Å². The maximum atomic E-state index is 11.1. The van der Waals surface area contributed by atoms with E-state index in [-0.39, 0.29) is 11.7 Å². The van der Waals surface area contributed by atoms with Crippen molar-refractivity contribution in [3.05, 3.63) is 70.6 Å². The molecule has 1 aromatic carbocycles. The van der Waals surface area contributed by atoms with E-state index in [0.29, 0.717) is 11.7 Å². The van der Waals surface area contributed by atoms with E-state index in [4.69, 9.17) is 9.26 Å². The van der Waals surface area contributed by atoms with Gasteiger partial charge in [0.1, 0.15) is 6.10 Å². The molecule has 1 fully saturated rings. The summed E-state index contributed by atoms with van der Waals surface area (Å²) in [6.45, 7) is 0. The summed E-state index contributed by atoms with van der Waals surface area (Å²) in [7, 11) is 0. The second-order valence-corrected chi connectivity index (χ2v) is 5.84. The summed E-state index contributed by atoms with van der Waals surface area (Å²) in [5.41, 5.74) is 1.93. The van der Waals surface area contributed by atoms with Gasteiger partial charge >= 0.3 is 5.88 Å². The first kappa shape index (κ1) is 13.8. The zero-order valence-electron chi connectivity index (χ0n) is 12.5. The van der Waals surface area contributed by atoms with Crippen LogP contribution in [-0.4, -0.2) is 11.3 Å². The highest BCUT2D eigenvalue weighted by atomic mass is 16.5. The van der Waals surface area contributed by atoms with Crippen LogP contribution >= 0.6 is 0 Å². The molecule has 0 aliphatic heterocycles. The molecule has 23 heavy (non-hydrogen) atoms. The van der Waals surface area contributed by atoms with Crippen LogP contribution in [0.15, 0.2) is 64.0 Å². The summed E-state index contributed by atoms with van der Waals surface area (Å²) in [5, 5.41) is 2.28. The first-order valence-electron chi connectivity index (χ1n) is 7.70. The Kier molecular flexibility index (Phi) is 3.46. The number of pyridine rings is 1. The van der Waals surface area contributed by atoms with E-state index in [2.05, 4.69) is 34.4 Å². The molecule has 0 saturated heterocycles. The number of rotatable bonds is 4. The molecule has 0 unspecified atom stereocenters. The molecule has 2 N–H and O–H groups in total. The average molecular weight is 309 g/mol. The van der Waals surface area contributed by atoms with Crippen LogP contribution in [0.2, 0.25) is 0 Å². The van der Waals surface area contributed by atoms with Gasteiger partial charge < -0.3 is 9.26 Å². The van der Waals surface area contributed by atoms with Crippen LogP contribution in [0, 0.1) is 0 Å². The van der Waals surface area contributed by atoms with Gasteiger partial charge in [0.05, 0.1) is 17.7 Å². The molecule has 0 amide bonds. The number of aromatic amines is 2. The number of H-pyrrole nitrogens is 2. The standard InChI is InChI=1S/C18H16N2O3/c21-17-10-16(23-20-17)13-6-7-18(19-11-13)22-15-8-14(9-15)12-4-2-1-3-5-12/h1-7,10-11,14-15H,8-9H2,(H,20,21)/p+1. The zero-order valence-corrected chi connectivity index (χ0v) is 12.5. The summed E-state index contributed by atoms with van der Waals surface area (Å²) in [6, 6.07) is 15.7. The van der Waals surface area contributed by atoms with Gasteiger partial charge in [-0.05, 0) is 30.4 Å². The lowest BCUT2D eigenvalue weighted by atomic mass is 9.77. The lowest BCUT2D eigenvalue weighted by Crippen LogP contribution is -2.33. The van der Waals surface area contributed by atoms with Crippen molar-refractivity contribution in [1.29, 1.82) is 0 Å². The molecular formula is C18H17N2O3+. The third-order valence-corrected chi connectivity index (χ3v) is 4.25. The predicted molar refractivity (Wildman–Crippen MR) is 84.2 cm³/mol. The fourth-order valence-corrected chi connectivity index (χ4v) is 2.90. The van der Waals surface area contributed by atoms with Gasteiger partial charge in [0.15, 0.2) is 12.0 Å². The third kappa shape index (κ3) is 2.90. The van der Waals surface area contributed by atoms with Crippen molar-refractivity contribution in [3.8, 4) is 17.2 Å². The van der Waals surface area contributed by atoms with Crippen LogP contribution in [0.4, 0.5) is 0 Å². The van der Waals surface area contributed by atoms with Gasteiger partial charge in [0.2, 0.25) is 0 Å². The van der Waals surface area contributed by atoms with E-state index in [1.54, 1.807) is 6.20 Å². The molecule has 5 heteroatoms. The average Bonchev–Trinajstić information content (AvgIpc) is 2.98. The molecule has 0 atom stereocenters. The van der Waals surface area contributed by atoms with Crippen LogP contribution in [-0.2, 0) is 0 Å². The number of aromatic nitrogens is 2. The maximum absolute atomic E-state index is 11.1. The van der Waals surface area contributed by atoms with Crippen molar-refractivity contribution >= 4 is 0 Å². The molecule has 5 nitrogen and oxygen atoms in total. The van der Waals surface area contributed by atoms with Crippen molar-refractivity contribution in [3.63, 3.8) is 0 Å². The van der Waals surface area contributed by atoms with Gasteiger partial charge in [0.25, 0.3) is 5.56 Å². The smallest absolute Gasteiger partial charge is 0.366 e. The van der Waals surface area contributed by atoms with E-state index >= 15 is 0 Å². The highest BCUT2D eigenvalue weighted by molar-refractivity contribution is 5.54. The molecule has 2 aromatic heterocycles. The molecule has 2 heterocycles. The minimum Gasteiger partial charge on any atom is -0.441 e. The van der Waals surface area contributed by atoms with E-state index in [1.807, 2.05) is 18.2 Å². The fourth-order valence-electron chi connectivity index (χ4n) is 2.90. The predicted octanol–water partition coefficient (Wildman–Crippen LogP) is 2.77. The number of nitrogens with one attached hydrogen (secondary N) is 2. The largest absolute Gasteiger partial charge is 0.441 e. The number of hydrogen-bond donors (Lipinski definition) is 1. The minimum atomic E-state index is -0.248. The summed E-state index contributed by atoms with van der Waals surface area (Å²) in [6.07, 6.45) is 4.08. The Hall–Kier alpha value is -2.82. The molecule has 0 bridgehead atoms. The molecule has 1 saturated carbocycles. The molecule has 0 spiro atoms. The Morgan fingerprint density at radius 1 is 1.13 bits per heavy atom. The van der Waals surface area contributed by atoms with Gasteiger partial charge in [-0.3, -0.25) is 4.79 Å². The second-order valence-electron chi connectivity index (χ2n) is 5.84. The topological polar surface area (TPSA) is 69.4 Å². The Labute approximate surface area is 132 Å². The van der Waals surface area contributed by atoms with Crippen LogP contribution < -0.4 is 15.3 Å². The molecule has 0 radical (unpaired) electrons. The number of benzene rings is 1. The fraction of sp³-hybridized carbons (Fsp3) is 0.222. The van der Waals surface area contributed by atoms with E-state index in [9.17, 15) is 4.79 Å². The number of ether oxygens (including phenoxy) is 1. The van der Waals surface area contributed by atoms with E-state index in [1.165, 1.54) is 11.6 Å². The summed E-state index contributed by atoms with van der Waals surface area (Å²) in [4.78, 5) is 14.2. The number of hydrogen-bond acceptors (Lipinski definition) is 3. The monoisotopic (exact) mass is 309 g/mol. The molecule has 3 aromatic rings. The second kappa shape index (κ2) is 5.76. The van der Waals surface area contributed by atoms with Gasteiger partial charge in [0, 0.05) is 0 Å². The van der Waals surface area contributed by atoms with E-state index in [0.717, 1.165) is 24.3 Å². The zero-order chi connectivity index (χ0) is 15.6. The Morgan fingerprint density at radius 2 is 1.96 bits per heavy atom. The third-order valence-electron chi connectivity index (χ3n) is 4.25. The van der Waals surface area contributed by atoms with Crippen molar-refractivity contribution in [2.45, 2.75) is 24.9 Å². The van der Waals surface area contributed by atoms with Gasteiger partial charge in [-0.25, -0.2) is 0 Å². The van der Waals surface area contributed by atoms with Crippen molar-refractivity contribution in [2.75, 3.05) is 0 Å². The lowest BCUT2D eigenvalue weighted by Gasteiger charge is -2.34. The quantitative estimate of drug-likeness (QED) is 0.805. The van der Waals surface area contributed by atoms with Crippen molar-refractivity contribution < 1.29 is 14.2 Å². The minimum absolute atomic E-state index is 0.243. The van der Waals surface area contributed by atoms with Crippen LogP contribution in [0.1, 0.15) is 24.3 Å². The Balaban J connectivity index is 1.36. The SMILES string of the molecule is O=c1cc(-c2ccc(OC3CC(c4ccccc4)C3)[nH+]c2)o[nH]1. The van der Waals surface area contributed by atoms with Gasteiger partial charge in [-0.15, -0.1) is 0 Å². The van der Waals surface area contributed by atoms with Gasteiger partial charge in [-0.1, -0.05) is 30.3 Å². The molecule has 4 rings (SSSR count). The molecule has 1 aliphatic carbocycles. The van der Waals surface area contributed by atoms with Crippen molar-refractivity contribution in [1.82, 2.24) is 5.16 Å². The van der Waals surface area contributed by atoms with Gasteiger partial charge in [-0.2, -0.15) is 10.1 Å². The molecule has 116 valence electrons. The van der Waals surface area contributed by atoms with Crippen molar-refractivity contribution in [2.24, 2.45) is 0 Å². The van der Waals surface area contributed by atoms with Crippen LogP contribution in [0.5, 0.6) is 5.88 Å². The Bertz CT molecular complexity index is 830. The normalized spacial score (nSPS) is 20.0. The Morgan fingerprint density at radius 3 is 2.61 bits per heavy atom. The maximum Gasteiger partial charge on any atom is 0.366 e. The molecule has 1 aliphatic rings. The van der Waals surface area contributed by atoms with E-state index < -0.39 is 0 Å². The highest BCUT2D eigenvalue weighted by Gasteiger charge is 2.33. The highest BCUT2D eigenvalue weighted by Crippen LogP contribution is 2.38. The lowest BCUT2D eigenvalue weighted by molar-refractivity contribution is -0.397. The summed E-state index contributed by atoms with van der Waals surface area (Å²) >= 11 is 0. The summed E-state index contributed by atoms with van der Waals surface area (Å²) < 4.78 is 11.0. The van der Waals surface area contributed by atoms with Crippen LogP contribution in [0.25, 0.3) is 11.3 Å². The summed E-state index contributed by atoms with van der Waals surface area (Å²) in [5.74, 6) is 1.82. The first-order valence-corrected chi connectivity index (χ1v) is 7.70.